The van der Waals surface area contributed by atoms with Crippen LogP contribution >= 0.6 is 0 Å². The molecule has 1 aliphatic carbocycles. The molecule has 8 nitrogen and oxygen atoms in total. The van der Waals surface area contributed by atoms with Gasteiger partial charge >= 0.3 is 12.1 Å². The molecule has 3 fully saturated rings. The van der Waals surface area contributed by atoms with E-state index in [-0.39, 0.29) is 42.0 Å². The van der Waals surface area contributed by atoms with E-state index in [1.54, 1.807) is 20.8 Å². The summed E-state index contributed by atoms with van der Waals surface area (Å²) in [5.74, 6) is -1.63. The summed E-state index contributed by atoms with van der Waals surface area (Å²) in [5, 5.41) is 7.31. The van der Waals surface area contributed by atoms with Gasteiger partial charge in [-0.1, -0.05) is 40.5 Å². The van der Waals surface area contributed by atoms with Crippen LogP contribution in [-0.2, 0) is 19.2 Å². The molecule has 0 aromatic carbocycles. The molecule has 2 heterocycles. The number of nitrogens with zero attached hydrogens (tertiary/aromatic N) is 1. The Hall–Kier alpha value is -2.77. The minimum Gasteiger partial charge on any atom is -0.356 e. The lowest BCUT2D eigenvalue weighted by Crippen LogP contribution is -2.61. The Balaban J connectivity index is 1.81. The molecule has 1 saturated carbocycles. The van der Waals surface area contributed by atoms with Crippen molar-refractivity contribution in [3.05, 3.63) is 0 Å². The molecule has 3 rings (SSSR count). The molecule has 0 spiro atoms. The highest BCUT2D eigenvalue weighted by atomic mass is 19.4. The van der Waals surface area contributed by atoms with Crippen LogP contribution in [0.5, 0.6) is 0 Å². The molecule has 35 heavy (non-hydrogen) atoms. The molecule has 0 aromatic heterocycles. The fourth-order valence-electron chi connectivity index (χ4n) is 5.42. The average Bonchev–Trinajstić information content (AvgIpc) is 3.10. The summed E-state index contributed by atoms with van der Waals surface area (Å²) in [4.78, 5) is 51.8. The first-order valence-electron chi connectivity index (χ1n) is 11.7. The summed E-state index contributed by atoms with van der Waals surface area (Å²) in [6.45, 7) is 9.30. The van der Waals surface area contributed by atoms with Crippen LogP contribution < -0.4 is 16.0 Å². The second kappa shape index (κ2) is 9.03. The number of fused-ring (bicyclic) bond motifs is 1. The van der Waals surface area contributed by atoms with Crippen molar-refractivity contribution >= 4 is 23.6 Å². The highest BCUT2D eigenvalue weighted by molar-refractivity contribution is 5.95. The predicted octanol–water partition coefficient (Wildman–Crippen LogP) is 1.21. The van der Waals surface area contributed by atoms with Crippen molar-refractivity contribution in [2.75, 3.05) is 13.1 Å². The third-order valence-corrected chi connectivity index (χ3v) is 7.61. The Morgan fingerprint density at radius 3 is 2.34 bits per heavy atom. The predicted molar refractivity (Wildman–Crippen MR) is 120 cm³/mol. The molecule has 4 amide bonds. The van der Waals surface area contributed by atoms with Crippen molar-refractivity contribution in [2.45, 2.75) is 71.8 Å². The van der Waals surface area contributed by atoms with E-state index in [9.17, 15) is 32.3 Å². The zero-order valence-electron chi connectivity index (χ0n) is 20.6. The molecule has 0 aromatic rings. The molecule has 3 aliphatic rings. The number of amides is 4. The monoisotopic (exact) mass is 498 g/mol. The van der Waals surface area contributed by atoms with E-state index in [2.05, 4.69) is 16.6 Å². The van der Waals surface area contributed by atoms with Crippen LogP contribution in [0.25, 0.3) is 0 Å². The van der Waals surface area contributed by atoms with Gasteiger partial charge in [-0.2, -0.15) is 13.2 Å². The normalized spacial score (nSPS) is 28.9. The molecule has 2 aliphatic heterocycles. The van der Waals surface area contributed by atoms with Crippen molar-refractivity contribution < 1.29 is 32.3 Å². The lowest BCUT2D eigenvalue weighted by atomic mass is 9.85. The van der Waals surface area contributed by atoms with E-state index in [0.717, 1.165) is 0 Å². The number of terminal acetylenes is 1. The summed E-state index contributed by atoms with van der Waals surface area (Å²) in [5.41, 5.74) is -1.28. The maximum absolute atomic E-state index is 13.5. The van der Waals surface area contributed by atoms with Gasteiger partial charge in [-0.3, -0.25) is 19.2 Å². The van der Waals surface area contributed by atoms with Gasteiger partial charge in [0, 0.05) is 19.0 Å². The van der Waals surface area contributed by atoms with Crippen LogP contribution in [0.4, 0.5) is 13.2 Å². The average molecular weight is 499 g/mol. The van der Waals surface area contributed by atoms with Crippen LogP contribution in [-0.4, -0.2) is 65.9 Å². The molecule has 1 unspecified atom stereocenters. The zero-order chi connectivity index (χ0) is 26.5. The van der Waals surface area contributed by atoms with Gasteiger partial charge in [0.25, 0.3) is 0 Å². The molecule has 0 bridgehead atoms. The number of likely N-dealkylation sites (tertiary alicyclic amines) is 1. The largest absolute Gasteiger partial charge is 0.471 e. The first-order valence-corrected chi connectivity index (χ1v) is 11.7. The fraction of sp³-hybridized carbons (Fsp3) is 0.750. The molecular formula is C24H33F3N4O4. The number of halogens is 3. The fourth-order valence-corrected chi connectivity index (χ4v) is 5.42. The molecule has 6 atom stereocenters. The Bertz CT molecular complexity index is 950. The number of piperidine rings is 1. The smallest absolute Gasteiger partial charge is 0.356 e. The maximum Gasteiger partial charge on any atom is 0.471 e. The number of alkyl halides is 3. The zero-order valence-corrected chi connectivity index (χ0v) is 20.6. The summed E-state index contributed by atoms with van der Waals surface area (Å²) in [6, 6.07) is -3.17. The molecule has 11 heteroatoms. The summed E-state index contributed by atoms with van der Waals surface area (Å²) in [7, 11) is 0. The topological polar surface area (TPSA) is 108 Å². The first kappa shape index (κ1) is 26.8. The maximum atomic E-state index is 13.5. The first-order chi connectivity index (χ1) is 16.0. The lowest BCUT2D eigenvalue weighted by molar-refractivity contribution is -0.176. The van der Waals surface area contributed by atoms with Gasteiger partial charge in [0.1, 0.15) is 12.1 Å². The van der Waals surface area contributed by atoms with E-state index in [1.165, 1.54) is 4.90 Å². The Labute approximate surface area is 203 Å². The van der Waals surface area contributed by atoms with Crippen molar-refractivity contribution in [2.24, 2.45) is 28.6 Å². The van der Waals surface area contributed by atoms with Crippen LogP contribution in [0.3, 0.4) is 0 Å². The van der Waals surface area contributed by atoms with Crippen molar-refractivity contribution in [1.29, 1.82) is 0 Å². The van der Waals surface area contributed by atoms with E-state index in [4.69, 9.17) is 6.42 Å². The Morgan fingerprint density at radius 2 is 1.86 bits per heavy atom. The van der Waals surface area contributed by atoms with Gasteiger partial charge in [-0.25, -0.2) is 0 Å². The minimum atomic E-state index is -5.15. The van der Waals surface area contributed by atoms with E-state index < -0.39 is 47.4 Å². The minimum absolute atomic E-state index is 0.00830. The SMILES string of the molecule is C#C[C@H](C[C@@H]1CCNC1=O)NC(=O)C1[C@@H]2[C@H](CN1C(=O)[C@@H](NC(=O)C(F)(F)F)C(C)(C)C)C2(C)C. The highest BCUT2D eigenvalue weighted by Gasteiger charge is 2.70. The van der Waals surface area contributed by atoms with Gasteiger partial charge in [-0.15, -0.1) is 6.42 Å². The van der Waals surface area contributed by atoms with Crippen molar-refractivity contribution in [3.8, 4) is 12.3 Å². The van der Waals surface area contributed by atoms with Crippen molar-refractivity contribution in [3.63, 3.8) is 0 Å². The third kappa shape index (κ3) is 5.26. The summed E-state index contributed by atoms with van der Waals surface area (Å²) in [6.07, 6.45) is 1.31. The third-order valence-electron chi connectivity index (χ3n) is 7.61. The number of hydrogen-bond acceptors (Lipinski definition) is 4. The number of carbonyl (C=O) groups is 4. The van der Waals surface area contributed by atoms with Gasteiger partial charge < -0.3 is 20.9 Å². The van der Waals surface area contributed by atoms with E-state index >= 15 is 0 Å². The standard InChI is InChI=1S/C24H33F3N4O4/c1-7-13(10-12-8-9-28-18(12)32)29-19(33)16-15-14(23(15,5)6)11-31(16)20(34)17(22(2,3)4)30-21(35)24(25,26)27/h1,12-17H,8-11H2,2-6H3,(H,28,32)(H,29,33)(H,30,35)/t12-,13+,14-,15-,16?,17+/m0/s1. The second-order valence-corrected chi connectivity index (χ2v) is 11.4. The van der Waals surface area contributed by atoms with Crippen LogP contribution in [0, 0.1) is 40.9 Å². The molecule has 3 N–H and O–H groups in total. The Kier molecular flexibility index (Phi) is 6.92. The number of hydrogen-bond donors (Lipinski definition) is 3. The van der Waals surface area contributed by atoms with Crippen LogP contribution in [0.2, 0.25) is 0 Å². The van der Waals surface area contributed by atoms with Crippen LogP contribution in [0.15, 0.2) is 0 Å². The Morgan fingerprint density at radius 1 is 1.23 bits per heavy atom. The molecule has 0 radical (unpaired) electrons. The van der Waals surface area contributed by atoms with Crippen LogP contribution in [0.1, 0.15) is 47.5 Å². The number of carbonyl (C=O) groups excluding carboxylic acids is 4. The van der Waals surface area contributed by atoms with E-state index in [0.29, 0.717) is 13.0 Å². The lowest BCUT2D eigenvalue weighted by Gasteiger charge is -2.38. The second-order valence-electron chi connectivity index (χ2n) is 11.4. The molecule has 2 saturated heterocycles. The quantitative estimate of drug-likeness (QED) is 0.479. The highest BCUT2D eigenvalue weighted by Crippen LogP contribution is 2.65. The number of nitrogens with one attached hydrogen (secondary N) is 3. The summed E-state index contributed by atoms with van der Waals surface area (Å²) >= 11 is 0. The van der Waals surface area contributed by atoms with Gasteiger partial charge in [0.2, 0.25) is 17.7 Å². The van der Waals surface area contributed by atoms with Gasteiger partial charge in [-0.05, 0) is 35.5 Å². The van der Waals surface area contributed by atoms with Crippen molar-refractivity contribution in [1.82, 2.24) is 20.9 Å². The molecule has 194 valence electrons. The van der Waals surface area contributed by atoms with E-state index in [1.807, 2.05) is 19.2 Å². The summed E-state index contributed by atoms with van der Waals surface area (Å²) < 4.78 is 38.8. The van der Waals surface area contributed by atoms with Gasteiger partial charge in [0.15, 0.2) is 0 Å². The van der Waals surface area contributed by atoms with Gasteiger partial charge in [0.05, 0.1) is 6.04 Å². The molecular weight excluding hydrogens is 465 g/mol. The number of rotatable bonds is 6.